The van der Waals surface area contributed by atoms with Crippen molar-refractivity contribution >= 4 is 27.8 Å². The van der Waals surface area contributed by atoms with Crippen LogP contribution in [0.5, 0.6) is 0 Å². The lowest BCUT2D eigenvalue weighted by Crippen LogP contribution is -2.28. The van der Waals surface area contributed by atoms with Crippen LogP contribution in [0.1, 0.15) is 34.7 Å². The molecular formula is C15H20BrN5O3. The van der Waals surface area contributed by atoms with Crippen LogP contribution in [0.2, 0.25) is 0 Å². The third kappa shape index (κ3) is 4.44. The molecule has 24 heavy (non-hydrogen) atoms. The van der Waals surface area contributed by atoms with Crippen LogP contribution in [0.25, 0.3) is 0 Å². The van der Waals surface area contributed by atoms with Crippen LogP contribution in [0.4, 0.5) is 0 Å². The Morgan fingerprint density at radius 2 is 2.04 bits per heavy atom. The van der Waals surface area contributed by atoms with E-state index in [2.05, 4.69) is 31.4 Å². The number of nitrogens with one attached hydrogen (secondary N) is 1. The molecule has 1 amide bonds. The molecule has 130 valence electrons. The van der Waals surface area contributed by atoms with E-state index < -0.39 is 5.97 Å². The van der Waals surface area contributed by atoms with Gasteiger partial charge in [0.25, 0.3) is 5.91 Å². The number of carboxylic acids is 1. The van der Waals surface area contributed by atoms with E-state index in [1.165, 1.54) is 10.9 Å². The number of halogens is 1. The zero-order chi connectivity index (χ0) is 17.7. The second kappa shape index (κ2) is 8.09. The van der Waals surface area contributed by atoms with Crippen molar-refractivity contribution in [2.45, 2.75) is 39.8 Å². The zero-order valence-corrected chi connectivity index (χ0v) is 15.2. The van der Waals surface area contributed by atoms with Crippen LogP contribution in [0.15, 0.2) is 16.7 Å². The summed E-state index contributed by atoms with van der Waals surface area (Å²) in [6.07, 6.45) is 2.16. The molecule has 0 saturated carbocycles. The maximum Gasteiger partial charge on any atom is 0.305 e. The van der Waals surface area contributed by atoms with E-state index in [1.807, 2.05) is 18.5 Å². The fourth-order valence-electron chi connectivity index (χ4n) is 2.32. The number of rotatable bonds is 8. The molecular weight excluding hydrogens is 378 g/mol. The standard InChI is InChI=1S/C15H20BrN5O3/c1-10-14(16)11(2)20(19-10)8-3-6-17-15(24)12-4-7-18-21(12)9-5-13(22)23/h4,7H,3,5-6,8-9H2,1-2H3,(H,17,24)(H,22,23). The number of hydrogen-bond donors (Lipinski definition) is 2. The molecule has 9 heteroatoms. The fourth-order valence-corrected chi connectivity index (χ4v) is 2.60. The van der Waals surface area contributed by atoms with Gasteiger partial charge in [-0.15, -0.1) is 0 Å². The summed E-state index contributed by atoms with van der Waals surface area (Å²) in [4.78, 5) is 22.8. The Morgan fingerprint density at radius 3 is 2.67 bits per heavy atom. The lowest BCUT2D eigenvalue weighted by Gasteiger charge is -2.08. The second-order valence-electron chi connectivity index (χ2n) is 5.40. The van der Waals surface area contributed by atoms with Gasteiger partial charge in [-0.25, -0.2) is 0 Å². The SMILES string of the molecule is Cc1nn(CCCNC(=O)c2ccnn2CCC(=O)O)c(C)c1Br. The quantitative estimate of drug-likeness (QED) is 0.660. The molecule has 0 fully saturated rings. The molecule has 0 atom stereocenters. The third-order valence-corrected chi connectivity index (χ3v) is 4.76. The molecule has 0 spiro atoms. The number of carbonyl (C=O) groups is 2. The average Bonchev–Trinajstić information content (AvgIpc) is 3.10. The Balaban J connectivity index is 1.82. The maximum atomic E-state index is 12.2. The zero-order valence-electron chi connectivity index (χ0n) is 13.6. The third-order valence-electron chi connectivity index (χ3n) is 3.61. The van der Waals surface area contributed by atoms with E-state index in [0.717, 1.165) is 22.3 Å². The topological polar surface area (TPSA) is 102 Å². The molecule has 2 N–H and O–H groups in total. The number of aromatic nitrogens is 4. The molecule has 2 rings (SSSR count). The summed E-state index contributed by atoms with van der Waals surface area (Å²) in [5.41, 5.74) is 2.37. The monoisotopic (exact) mass is 397 g/mol. The van der Waals surface area contributed by atoms with Gasteiger partial charge in [-0.05, 0) is 42.3 Å². The highest BCUT2D eigenvalue weighted by Crippen LogP contribution is 2.19. The molecule has 0 aliphatic carbocycles. The summed E-state index contributed by atoms with van der Waals surface area (Å²) in [5.74, 6) is -1.18. The molecule has 0 aromatic carbocycles. The van der Waals surface area contributed by atoms with E-state index in [-0.39, 0.29) is 18.9 Å². The van der Waals surface area contributed by atoms with Crippen molar-refractivity contribution < 1.29 is 14.7 Å². The van der Waals surface area contributed by atoms with Crippen molar-refractivity contribution in [3.63, 3.8) is 0 Å². The Morgan fingerprint density at radius 1 is 1.29 bits per heavy atom. The van der Waals surface area contributed by atoms with Gasteiger partial charge >= 0.3 is 5.97 Å². The Kier molecular flexibility index (Phi) is 6.13. The maximum absolute atomic E-state index is 12.2. The van der Waals surface area contributed by atoms with Crippen molar-refractivity contribution in [3.05, 3.63) is 33.8 Å². The van der Waals surface area contributed by atoms with E-state index >= 15 is 0 Å². The normalized spacial score (nSPS) is 10.8. The summed E-state index contributed by atoms with van der Waals surface area (Å²) < 4.78 is 4.32. The van der Waals surface area contributed by atoms with Crippen LogP contribution >= 0.6 is 15.9 Å². The average molecular weight is 398 g/mol. The lowest BCUT2D eigenvalue weighted by atomic mass is 10.3. The molecule has 0 bridgehead atoms. The minimum atomic E-state index is -0.923. The van der Waals surface area contributed by atoms with Crippen molar-refractivity contribution in [2.75, 3.05) is 6.54 Å². The van der Waals surface area contributed by atoms with Crippen LogP contribution < -0.4 is 5.32 Å². The first-order valence-corrected chi connectivity index (χ1v) is 8.40. The van der Waals surface area contributed by atoms with Gasteiger partial charge in [0.2, 0.25) is 0 Å². The van der Waals surface area contributed by atoms with Crippen LogP contribution in [-0.4, -0.2) is 43.1 Å². The summed E-state index contributed by atoms with van der Waals surface area (Å²) in [6, 6.07) is 1.58. The van der Waals surface area contributed by atoms with E-state index in [0.29, 0.717) is 18.8 Å². The van der Waals surface area contributed by atoms with Crippen LogP contribution in [-0.2, 0) is 17.9 Å². The highest BCUT2D eigenvalue weighted by molar-refractivity contribution is 9.10. The molecule has 0 unspecified atom stereocenters. The number of nitrogens with zero attached hydrogens (tertiary/aromatic N) is 4. The largest absolute Gasteiger partial charge is 0.481 e. The number of hydrogen-bond acceptors (Lipinski definition) is 4. The molecule has 8 nitrogen and oxygen atoms in total. The summed E-state index contributed by atoms with van der Waals surface area (Å²) in [5, 5.41) is 19.9. The summed E-state index contributed by atoms with van der Waals surface area (Å²) in [6.45, 7) is 5.30. The van der Waals surface area contributed by atoms with Crippen LogP contribution in [0.3, 0.4) is 0 Å². The van der Waals surface area contributed by atoms with Crippen molar-refractivity contribution in [1.82, 2.24) is 24.9 Å². The van der Waals surface area contributed by atoms with Gasteiger partial charge < -0.3 is 10.4 Å². The van der Waals surface area contributed by atoms with Gasteiger partial charge in [0.15, 0.2) is 0 Å². The van der Waals surface area contributed by atoms with Crippen LogP contribution in [0, 0.1) is 13.8 Å². The number of carbonyl (C=O) groups excluding carboxylic acids is 1. The predicted octanol–water partition coefficient (Wildman–Crippen LogP) is 1.75. The predicted molar refractivity (Wildman–Crippen MR) is 90.8 cm³/mol. The minimum absolute atomic E-state index is 0.0746. The second-order valence-corrected chi connectivity index (χ2v) is 6.19. The first-order valence-electron chi connectivity index (χ1n) is 7.61. The van der Waals surface area contributed by atoms with E-state index in [1.54, 1.807) is 6.07 Å². The highest BCUT2D eigenvalue weighted by Gasteiger charge is 2.13. The Hall–Kier alpha value is -2.16. The van der Waals surface area contributed by atoms with Gasteiger partial charge in [-0.1, -0.05) is 0 Å². The van der Waals surface area contributed by atoms with Gasteiger partial charge in [0, 0.05) is 25.0 Å². The molecule has 2 heterocycles. The minimum Gasteiger partial charge on any atom is -0.481 e. The Bertz CT molecular complexity index is 738. The van der Waals surface area contributed by atoms with Gasteiger partial charge in [-0.2, -0.15) is 10.2 Å². The first kappa shape index (κ1) is 18.2. The Labute approximate surface area is 148 Å². The van der Waals surface area contributed by atoms with Gasteiger partial charge in [0.1, 0.15) is 5.69 Å². The van der Waals surface area contributed by atoms with E-state index in [4.69, 9.17) is 5.11 Å². The molecule has 0 radical (unpaired) electrons. The van der Waals surface area contributed by atoms with Crippen molar-refractivity contribution in [3.8, 4) is 0 Å². The molecule has 2 aromatic rings. The fraction of sp³-hybridized carbons (Fsp3) is 0.467. The number of aryl methyl sites for hydroxylation is 3. The van der Waals surface area contributed by atoms with Gasteiger partial charge in [0.05, 0.1) is 23.1 Å². The van der Waals surface area contributed by atoms with E-state index in [9.17, 15) is 9.59 Å². The van der Waals surface area contributed by atoms with Gasteiger partial charge in [-0.3, -0.25) is 19.0 Å². The first-order chi connectivity index (χ1) is 11.4. The molecule has 0 saturated heterocycles. The smallest absolute Gasteiger partial charge is 0.305 e. The lowest BCUT2D eigenvalue weighted by molar-refractivity contribution is -0.137. The van der Waals surface area contributed by atoms with Crippen molar-refractivity contribution in [1.29, 1.82) is 0 Å². The molecule has 2 aromatic heterocycles. The molecule has 0 aliphatic heterocycles. The summed E-state index contributed by atoms with van der Waals surface area (Å²) >= 11 is 3.49. The number of aliphatic carboxylic acids is 1. The van der Waals surface area contributed by atoms with Crippen molar-refractivity contribution in [2.24, 2.45) is 0 Å². The highest BCUT2D eigenvalue weighted by atomic mass is 79.9. The molecule has 0 aliphatic rings. The number of amides is 1. The summed E-state index contributed by atoms with van der Waals surface area (Å²) in [7, 11) is 0. The number of carboxylic acid groups (broad SMARTS) is 1.